The Hall–Kier alpha value is -3.21. The first-order valence-electron chi connectivity index (χ1n) is 10.1. The van der Waals surface area contributed by atoms with Crippen LogP contribution in [0.5, 0.6) is 0 Å². The average molecular weight is 383 g/mol. The normalized spacial score (nSPS) is 17.7. The zero-order valence-electron chi connectivity index (χ0n) is 17.3. The summed E-state index contributed by atoms with van der Waals surface area (Å²) in [5.41, 5.74) is 7.11. The Bertz CT molecular complexity index is 1210. The van der Waals surface area contributed by atoms with E-state index in [1.165, 1.54) is 22.4 Å². The highest BCUT2D eigenvalue weighted by atomic mass is 15.3. The highest BCUT2D eigenvalue weighted by molar-refractivity contribution is 5.73. The van der Waals surface area contributed by atoms with Gasteiger partial charge in [0.1, 0.15) is 0 Å². The van der Waals surface area contributed by atoms with Crippen molar-refractivity contribution >= 4 is 11.5 Å². The van der Waals surface area contributed by atoms with Crippen molar-refractivity contribution in [1.82, 2.24) is 19.6 Å². The molecule has 3 heterocycles. The number of aryl methyl sites for hydroxylation is 1. The van der Waals surface area contributed by atoms with Crippen LogP contribution in [-0.2, 0) is 0 Å². The van der Waals surface area contributed by atoms with Gasteiger partial charge in [-0.25, -0.2) is 4.98 Å². The van der Waals surface area contributed by atoms with Gasteiger partial charge in [0, 0.05) is 28.6 Å². The molecule has 0 saturated heterocycles. The number of rotatable bonds is 2. The van der Waals surface area contributed by atoms with Gasteiger partial charge in [0.25, 0.3) is 5.78 Å². The Balaban J connectivity index is 1.67. The fourth-order valence-electron chi connectivity index (χ4n) is 4.52. The van der Waals surface area contributed by atoms with Crippen molar-refractivity contribution in [3.05, 3.63) is 65.9 Å². The maximum Gasteiger partial charge on any atom is 0.253 e. The molecular weight excluding hydrogens is 358 g/mol. The van der Waals surface area contributed by atoms with Crippen molar-refractivity contribution in [2.24, 2.45) is 0 Å². The molecule has 1 aliphatic rings. The minimum Gasteiger partial charge on any atom is -0.380 e. The van der Waals surface area contributed by atoms with Gasteiger partial charge in [0.2, 0.25) is 0 Å². The molecule has 0 spiro atoms. The van der Waals surface area contributed by atoms with Crippen molar-refractivity contribution in [3.63, 3.8) is 0 Å². The lowest BCUT2D eigenvalue weighted by molar-refractivity contribution is 0.454. The highest BCUT2D eigenvalue weighted by Crippen LogP contribution is 2.41. The van der Waals surface area contributed by atoms with E-state index in [1.54, 1.807) is 0 Å². The topological polar surface area (TPSA) is 55.1 Å². The Kier molecular flexibility index (Phi) is 3.95. The fraction of sp³-hybridized carbons (Fsp3) is 0.292. The van der Waals surface area contributed by atoms with Gasteiger partial charge in [0.05, 0.1) is 5.69 Å². The second-order valence-corrected chi connectivity index (χ2v) is 8.71. The molecule has 29 heavy (non-hydrogen) atoms. The Morgan fingerprint density at radius 1 is 1.10 bits per heavy atom. The van der Waals surface area contributed by atoms with Gasteiger partial charge in [-0.15, -0.1) is 5.10 Å². The second kappa shape index (κ2) is 6.41. The quantitative estimate of drug-likeness (QED) is 0.499. The molecule has 0 fully saturated rings. The predicted octanol–water partition coefficient (Wildman–Crippen LogP) is 5.46. The number of fused-ring (bicyclic) bond motifs is 2. The molecule has 0 amide bonds. The zero-order chi connectivity index (χ0) is 20.2. The van der Waals surface area contributed by atoms with E-state index in [-0.39, 0.29) is 5.54 Å². The van der Waals surface area contributed by atoms with Crippen molar-refractivity contribution in [3.8, 4) is 22.6 Å². The molecule has 0 saturated carbocycles. The van der Waals surface area contributed by atoms with Gasteiger partial charge < -0.3 is 5.32 Å². The van der Waals surface area contributed by atoms with E-state index >= 15 is 0 Å². The fourth-order valence-corrected chi connectivity index (χ4v) is 4.52. The number of nitrogens with zero attached hydrogens (tertiary/aromatic N) is 4. The van der Waals surface area contributed by atoms with E-state index in [2.05, 4.69) is 55.1 Å². The summed E-state index contributed by atoms with van der Waals surface area (Å²) >= 11 is 0. The molecule has 1 unspecified atom stereocenters. The number of anilines is 1. The number of benzene rings is 2. The lowest BCUT2D eigenvalue weighted by atomic mass is 9.80. The first-order valence-corrected chi connectivity index (χ1v) is 10.1. The van der Waals surface area contributed by atoms with Crippen LogP contribution in [0.4, 0.5) is 5.69 Å². The maximum absolute atomic E-state index is 4.78. The summed E-state index contributed by atoms with van der Waals surface area (Å²) in [6.07, 6.45) is 2.92. The van der Waals surface area contributed by atoms with E-state index in [0.29, 0.717) is 17.5 Å². The smallest absolute Gasteiger partial charge is 0.253 e. The largest absolute Gasteiger partial charge is 0.380 e. The Labute approximate surface area is 170 Å². The number of hydrogen-bond donors (Lipinski definition) is 1. The van der Waals surface area contributed by atoms with Crippen LogP contribution in [0.2, 0.25) is 0 Å². The van der Waals surface area contributed by atoms with Crippen molar-refractivity contribution in [2.45, 2.75) is 45.6 Å². The standard InChI is InChI=1S/C24H25N5/c1-15-12-20-18(16(2)14-24(3,4)27-20)13-19(15)21-10-11-25-23-26-22(28-29(21)23)17-8-6-5-7-9-17/h5-13,16,27H,14H2,1-4H3. The summed E-state index contributed by atoms with van der Waals surface area (Å²) in [7, 11) is 0. The lowest BCUT2D eigenvalue weighted by Crippen LogP contribution is -2.36. The van der Waals surface area contributed by atoms with Crippen molar-refractivity contribution in [2.75, 3.05) is 5.32 Å². The minimum absolute atomic E-state index is 0.112. The van der Waals surface area contributed by atoms with Crippen molar-refractivity contribution < 1.29 is 0 Å². The number of aromatic nitrogens is 4. The van der Waals surface area contributed by atoms with Crippen LogP contribution in [0, 0.1) is 6.92 Å². The lowest BCUT2D eigenvalue weighted by Gasteiger charge is -2.38. The molecule has 4 aromatic rings. The van der Waals surface area contributed by atoms with Gasteiger partial charge in [-0.1, -0.05) is 37.3 Å². The molecular formula is C24H25N5. The second-order valence-electron chi connectivity index (χ2n) is 8.71. The molecule has 1 N–H and O–H groups in total. The number of hydrogen-bond acceptors (Lipinski definition) is 4. The predicted molar refractivity (Wildman–Crippen MR) is 117 cm³/mol. The molecule has 5 nitrogen and oxygen atoms in total. The van der Waals surface area contributed by atoms with Gasteiger partial charge in [-0.2, -0.15) is 9.50 Å². The molecule has 5 rings (SSSR count). The molecule has 1 aliphatic heterocycles. The minimum atomic E-state index is 0.112. The Morgan fingerprint density at radius 3 is 2.69 bits per heavy atom. The molecule has 146 valence electrons. The molecule has 2 aromatic carbocycles. The molecule has 5 heteroatoms. The van der Waals surface area contributed by atoms with Gasteiger partial charge in [0.15, 0.2) is 5.82 Å². The maximum atomic E-state index is 4.78. The van der Waals surface area contributed by atoms with E-state index in [4.69, 9.17) is 5.10 Å². The van der Waals surface area contributed by atoms with E-state index < -0.39 is 0 Å². The number of nitrogens with one attached hydrogen (secondary N) is 1. The third-order valence-corrected chi connectivity index (χ3v) is 5.77. The molecule has 2 aromatic heterocycles. The van der Waals surface area contributed by atoms with Crippen LogP contribution in [0.1, 0.15) is 44.2 Å². The van der Waals surface area contributed by atoms with Crippen molar-refractivity contribution in [1.29, 1.82) is 0 Å². The summed E-state index contributed by atoms with van der Waals surface area (Å²) in [6.45, 7) is 9.00. The van der Waals surface area contributed by atoms with Crippen LogP contribution < -0.4 is 5.32 Å². The van der Waals surface area contributed by atoms with Crippen LogP contribution in [0.3, 0.4) is 0 Å². The summed E-state index contributed by atoms with van der Waals surface area (Å²) < 4.78 is 1.86. The monoisotopic (exact) mass is 383 g/mol. The summed E-state index contributed by atoms with van der Waals surface area (Å²) in [5, 5.41) is 8.48. The molecule has 0 radical (unpaired) electrons. The SMILES string of the molecule is Cc1cc2c(cc1-c1ccnc3nc(-c4ccccc4)nn13)C(C)CC(C)(C)N2. The van der Waals surface area contributed by atoms with Gasteiger partial charge in [-0.3, -0.25) is 0 Å². The van der Waals surface area contributed by atoms with Gasteiger partial charge >= 0.3 is 0 Å². The van der Waals surface area contributed by atoms with Crippen LogP contribution in [0.15, 0.2) is 54.7 Å². The first kappa shape index (κ1) is 17.9. The summed E-state index contributed by atoms with van der Waals surface area (Å²) in [6, 6.07) is 16.6. The van der Waals surface area contributed by atoms with Crippen LogP contribution in [0.25, 0.3) is 28.4 Å². The third-order valence-electron chi connectivity index (χ3n) is 5.77. The van der Waals surface area contributed by atoms with Crippen LogP contribution >= 0.6 is 0 Å². The van der Waals surface area contributed by atoms with E-state index in [1.807, 2.05) is 47.1 Å². The average Bonchev–Trinajstić information content (AvgIpc) is 3.12. The third kappa shape index (κ3) is 3.07. The van der Waals surface area contributed by atoms with E-state index in [9.17, 15) is 0 Å². The molecule has 0 bridgehead atoms. The van der Waals surface area contributed by atoms with Gasteiger partial charge in [-0.05, 0) is 62.4 Å². The molecule has 0 aliphatic carbocycles. The zero-order valence-corrected chi connectivity index (χ0v) is 17.3. The Morgan fingerprint density at radius 2 is 1.90 bits per heavy atom. The first-order chi connectivity index (χ1) is 13.9. The summed E-state index contributed by atoms with van der Waals surface area (Å²) in [4.78, 5) is 9.09. The van der Waals surface area contributed by atoms with Crippen LogP contribution in [-0.4, -0.2) is 25.1 Å². The highest BCUT2D eigenvalue weighted by Gasteiger charge is 2.30. The molecule has 1 atom stereocenters. The van der Waals surface area contributed by atoms with E-state index in [0.717, 1.165) is 17.7 Å². The summed E-state index contributed by atoms with van der Waals surface area (Å²) in [5.74, 6) is 1.80.